The van der Waals surface area contributed by atoms with Gasteiger partial charge in [0.25, 0.3) is 0 Å². The second-order valence-electron chi connectivity index (χ2n) is 6.45. The van der Waals surface area contributed by atoms with Crippen LogP contribution in [-0.2, 0) is 0 Å². The second-order valence-corrected chi connectivity index (χ2v) is 6.86. The molecule has 0 saturated carbocycles. The maximum atomic E-state index is 11.6. The maximum absolute atomic E-state index is 11.6. The zero-order chi connectivity index (χ0) is 20.3. The van der Waals surface area contributed by atoms with Crippen molar-refractivity contribution in [3.8, 4) is 11.5 Å². The lowest BCUT2D eigenvalue weighted by Gasteiger charge is -2.15. The summed E-state index contributed by atoms with van der Waals surface area (Å²) in [4.78, 5) is 16.1. The zero-order valence-electron chi connectivity index (χ0n) is 15.8. The van der Waals surface area contributed by atoms with Gasteiger partial charge in [0.2, 0.25) is 0 Å². The number of rotatable bonds is 6. The molecule has 0 atom stereocenters. The lowest BCUT2D eigenvalue weighted by molar-refractivity contribution is 0.0699. The van der Waals surface area contributed by atoms with E-state index in [4.69, 9.17) is 21.1 Å². The Balaban J connectivity index is 2.00. The van der Waals surface area contributed by atoms with Crippen LogP contribution in [0.15, 0.2) is 42.5 Å². The Morgan fingerprint density at radius 2 is 1.93 bits per heavy atom. The molecule has 0 unspecified atom stereocenters. The molecule has 0 aliphatic rings. The summed E-state index contributed by atoms with van der Waals surface area (Å²) >= 11 is 6.35. The van der Waals surface area contributed by atoms with Gasteiger partial charge in [-0.1, -0.05) is 35.9 Å². The molecular formula is C22H20ClNO4. The lowest BCUT2D eigenvalue weighted by Crippen LogP contribution is -2.07. The number of halogens is 1. The van der Waals surface area contributed by atoms with E-state index in [0.29, 0.717) is 33.1 Å². The van der Waals surface area contributed by atoms with Crippen molar-refractivity contribution >= 4 is 40.6 Å². The molecule has 3 rings (SSSR count). The molecule has 0 amide bonds. The summed E-state index contributed by atoms with van der Waals surface area (Å²) in [6.07, 6.45) is 3.51. The van der Waals surface area contributed by atoms with Crippen LogP contribution in [0, 0.1) is 0 Å². The molecule has 28 heavy (non-hydrogen) atoms. The van der Waals surface area contributed by atoms with Gasteiger partial charge in [-0.25, -0.2) is 9.78 Å². The van der Waals surface area contributed by atoms with Crippen molar-refractivity contribution in [2.75, 3.05) is 7.11 Å². The number of carbonyl (C=O) groups is 1. The summed E-state index contributed by atoms with van der Waals surface area (Å²) in [6.45, 7) is 3.82. The number of hydrogen-bond acceptors (Lipinski definition) is 4. The number of para-hydroxylation sites is 1. The number of aromatic nitrogens is 1. The normalized spacial score (nSPS) is 11.3. The van der Waals surface area contributed by atoms with E-state index in [2.05, 4.69) is 4.98 Å². The van der Waals surface area contributed by atoms with E-state index in [0.717, 1.165) is 5.56 Å². The number of carboxylic acids is 1. The number of pyridine rings is 1. The van der Waals surface area contributed by atoms with Crippen LogP contribution in [0.4, 0.5) is 0 Å². The van der Waals surface area contributed by atoms with Gasteiger partial charge < -0.3 is 14.6 Å². The predicted molar refractivity (Wildman–Crippen MR) is 111 cm³/mol. The van der Waals surface area contributed by atoms with Gasteiger partial charge in [0.15, 0.2) is 11.5 Å². The first-order valence-electron chi connectivity index (χ1n) is 8.74. The van der Waals surface area contributed by atoms with E-state index in [1.165, 1.54) is 0 Å². The van der Waals surface area contributed by atoms with Gasteiger partial charge in [0, 0.05) is 5.39 Å². The first-order chi connectivity index (χ1) is 13.4. The molecule has 5 nitrogen and oxygen atoms in total. The highest BCUT2D eigenvalue weighted by Crippen LogP contribution is 2.37. The maximum Gasteiger partial charge on any atom is 0.336 e. The molecule has 0 radical (unpaired) electrons. The number of nitrogens with zero attached hydrogens (tertiary/aromatic N) is 1. The topological polar surface area (TPSA) is 68.7 Å². The third kappa shape index (κ3) is 4.26. The van der Waals surface area contributed by atoms with Gasteiger partial charge in [0.1, 0.15) is 0 Å². The third-order valence-corrected chi connectivity index (χ3v) is 4.30. The molecule has 3 aromatic rings. The Hall–Kier alpha value is -3.05. The Morgan fingerprint density at radius 1 is 1.18 bits per heavy atom. The number of carboxylic acid groups (broad SMARTS) is 1. The van der Waals surface area contributed by atoms with E-state index < -0.39 is 5.97 Å². The zero-order valence-corrected chi connectivity index (χ0v) is 16.5. The van der Waals surface area contributed by atoms with Crippen LogP contribution in [0.25, 0.3) is 23.1 Å². The number of aromatic carboxylic acids is 1. The van der Waals surface area contributed by atoms with Gasteiger partial charge in [-0.2, -0.15) is 0 Å². The van der Waals surface area contributed by atoms with Crippen LogP contribution in [0.5, 0.6) is 11.5 Å². The average Bonchev–Trinajstić information content (AvgIpc) is 2.66. The number of benzene rings is 2. The first-order valence-corrected chi connectivity index (χ1v) is 9.12. The van der Waals surface area contributed by atoms with Gasteiger partial charge in [-0.05, 0) is 49.8 Å². The van der Waals surface area contributed by atoms with Gasteiger partial charge in [0.05, 0.1) is 35.0 Å². The Kier molecular flexibility index (Phi) is 5.85. The van der Waals surface area contributed by atoms with Crippen LogP contribution in [-0.4, -0.2) is 29.3 Å². The summed E-state index contributed by atoms with van der Waals surface area (Å²) in [5.41, 5.74) is 2.15. The molecule has 144 valence electrons. The second kappa shape index (κ2) is 8.31. The third-order valence-electron chi connectivity index (χ3n) is 4.02. The van der Waals surface area contributed by atoms with Crippen molar-refractivity contribution in [1.29, 1.82) is 0 Å². The fourth-order valence-corrected chi connectivity index (χ4v) is 3.09. The van der Waals surface area contributed by atoms with Crippen molar-refractivity contribution < 1.29 is 19.4 Å². The Labute approximate surface area is 168 Å². The number of hydrogen-bond donors (Lipinski definition) is 1. The minimum absolute atomic E-state index is 0.0379. The van der Waals surface area contributed by atoms with Crippen molar-refractivity contribution in [2.45, 2.75) is 20.0 Å². The molecule has 0 bridgehead atoms. The number of methoxy groups -OCH3 is 1. The predicted octanol–water partition coefficient (Wildman–Crippen LogP) is 5.55. The van der Waals surface area contributed by atoms with Crippen LogP contribution < -0.4 is 9.47 Å². The minimum Gasteiger partial charge on any atom is -0.493 e. The number of fused-ring (bicyclic) bond motifs is 1. The highest BCUT2D eigenvalue weighted by atomic mass is 35.5. The lowest BCUT2D eigenvalue weighted by atomic mass is 10.1. The molecule has 0 saturated heterocycles. The summed E-state index contributed by atoms with van der Waals surface area (Å²) < 4.78 is 11.1. The molecule has 1 heterocycles. The molecular weight excluding hydrogens is 378 g/mol. The monoisotopic (exact) mass is 397 g/mol. The first kappa shape index (κ1) is 19.7. The van der Waals surface area contributed by atoms with E-state index in [1.54, 1.807) is 55.7 Å². The summed E-state index contributed by atoms with van der Waals surface area (Å²) in [7, 11) is 1.55. The Bertz CT molecular complexity index is 1060. The average molecular weight is 398 g/mol. The fourth-order valence-electron chi connectivity index (χ4n) is 2.83. The molecule has 0 aliphatic carbocycles. The molecule has 0 fully saturated rings. The summed E-state index contributed by atoms with van der Waals surface area (Å²) in [5.74, 6) is 0.0278. The smallest absolute Gasteiger partial charge is 0.336 e. The largest absolute Gasteiger partial charge is 0.493 e. The molecule has 1 aromatic heterocycles. The van der Waals surface area contributed by atoms with Gasteiger partial charge in [-0.15, -0.1) is 0 Å². The molecule has 0 spiro atoms. The van der Waals surface area contributed by atoms with Crippen LogP contribution in [0.3, 0.4) is 0 Å². The van der Waals surface area contributed by atoms with E-state index >= 15 is 0 Å². The SMILES string of the molecule is COc1cc(C=Cc2cc(C(=O)O)c3ccccc3n2)cc(Cl)c1OC(C)C. The summed E-state index contributed by atoms with van der Waals surface area (Å²) in [6, 6.07) is 12.3. The van der Waals surface area contributed by atoms with Crippen LogP contribution in [0.1, 0.15) is 35.5 Å². The molecule has 2 aromatic carbocycles. The van der Waals surface area contributed by atoms with Crippen LogP contribution in [0.2, 0.25) is 5.02 Å². The van der Waals surface area contributed by atoms with Crippen LogP contribution >= 0.6 is 11.6 Å². The molecule has 1 N–H and O–H groups in total. The van der Waals surface area contributed by atoms with Crippen molar-refractivity contribution in [1.82, 2.24) is 4.98 Å². The highest BCUT2D eigenvalue weighted by molar-refractivity contribution is 6.32. The van der Waals surface area contributed by atoms with Crippen molar-refractivity contribution in [3.05, 3.63) is 64.3 Å². The standard InChI is InChI=1S/C22H20ClNO4/c1-13(2)28-21-18(23)10-14(11-20(21)27-3)8-9-15-12-17(22(25)26)16-6-4-5-7-19(16)24-15/h4-13H,1-3H3,(H,25,26). The van der Waals surface area contributed by atoms with Gasteiger partial charge >= 0.3 is 5.97 Å². The molecule has 0 aliphatic heterocycles. The fraction of sp³-hybridized carbons (Fsp3) is 0.182. The summed E-state index contributed by atoms with van der Waals surface area (Å²) in [5, 5.41) is 10.5. The minimum atomic E-state index is -0.992. The van der Waals surface area contributed by atoms with E-state index in [1.807, 2.05) is 19.9 Å². The van der Waals surface area contributed by atoms with E-state index in [-0.39, 0.29) is 11.7 Å². The van der Waals surface area contributed by atoms with E-state index in [9.17, 15) is 9.90 Å². The highest BCUT2D eigenvalue weighted by Gasteiger charge is 2.13. The quantitative estimate of drug-likeness (QED) is 0.590. The Morgan fingerprint density at radius 3 is 2.61 bits per heavy atom. The van der Waals surface area contributed by atoms with Gasteiger partial charge in [-0.3, -0.25) is 0 Å². The van der Waals surface area contributed by atoms with Crippen molar-refractivity contribution in [3.63, 3.8) is 0 Å². The number of ether oxygens (including phenoxy) is 2. The van der Waals surface area contributed by atoms with Crippen molar-refractivity contribution in [2.24, 2.45) is 0 Å². The molecule has 6 heteroatoms.